The first-order valence-corrected chi connectivity index (χ1v) is 11.7. The van der Waals surface area contributed by atoms with Gasteiger partial charge in [-0.15, -0.1) is 5.10 Å². The summed E-state index contributed by atoms with van der Waals surface area (Å²) >= 11 is 0. The predicted molar refractivity (Wildman–Crippen MR) is 136 cm³/mol. The standard InChI is InChI=1S/C27H27N7O2/c1-4-36-17-27(35)31-26-13-21(12-24(30-26)20-8-5-7-19(11-20)14-28)25-16-34(33-32-25)15-22-9-6-10-23(29-22)18(2)3/h5-13,16,18H,4,15,17H2,1-3H3,(H,30,31,35). The van der Waals surface area contributed by atoms with E-state index in [4.69, 9.17) is 9.72 Å². The molecule has 0 saturated carbocycles. The maximum absolute atomic E-state index is 12.3. The number of hydrogen-bond acceptors (Lipinski definition) is 7. The summed E-state index contributed by atoms with van der Waals surface area (Å²) in [4.78, 5) is 21.6. The molecule has 9 nitrogen and oxygen atoms in total. The fourth-order valence-electron chi connectivity index (χ4n) is 3.59. The van der Waals surface area contributed by atoms with Crippen molar-refractivity contribution in [3.05, 3.63) is 77.7 Å². The van der Waals surface area contributed by atoms with E-state index in [9.17, 15) is 10.1 Å². The van der Waals surface area contributed by atoms with Gasteiger partial charge in [0.25, 0.3) is 5.91 Å². The molecule has 182 valence electrons. The molecule has 0 unspecified atom stereocenters. The Kier molecular flexibility index (Phi) is 7.78. The predicted octanol–water partition coefficient (Wildman–Crippen LogP) is 4.42. The third kappa shape index (κ3) is 6.17. The van der Waals surface area contributed by atoms with Crippen LogP contribution in [0.3, 0.4) is 0 Å². The van der Waals surface area contributed by atoms with Gasteiger partial charge in [0.1, 0.15) is 18.1 Å². The summed E-state index contributed by atoms with van der Waals surface area (Å²) in [5.74, 6) is 0.385. The van der Waals surface area contributed by atoms with Crippen molar-refractivity contribution in [2.45, 2.75) is 33.2 Å². The zero-order valence-electron chi connectivity index (χ0n) is 20.5. The number of amides is 1. The van der Waals surface area contributed by atoms with Crippen LogP contribution >= 0.6 is 0 Å². The lowest BCUT2D eigenvalue weighted by Crippen LogP contribution is -2.19. The first-order chi connectivity index (χ1) is 17.4. The van der Waals surface area contributed by atoms with Crippen LogP contribution in [0.2, 0.25) is 0 Å². The lowest BCUT2D eigenvalue weighted by molar-refractivity contribution is -0.120. The Hall–Kier alpha value is -4.42. The van der Waals surface area contributed by atoms with Gasteiger partial charge in [-0.2, -0.15) is 5.26 Å². The van der Waals surface area contributed by atoms with Crippen LogP contribution in [-0.2, 0) is 16.1 Å². The highest BCUT2D eigenvalue weighted by atomic mass is 16.5. The second-order valence-electron chi connectivity index (χ2n) is 8.51. The summed E-state index contributed by atoms with van der Waals surface area (Å²) in [6.07, 6.45) is 1.83. The number of benzene rings is 1. The Morgan fingerprint density at radius 2 is 1.92 bits per heavy atom. The van der Waals surface area contributed by atoms with Gasteiger partial charge in [-0.25, -0.2) is 9.67 Å². The summed E-state index contributed by atoms with van der Waals surface area (Å²) in [6, 6.07) is 18.9. The van der Waals surface area contributed by atoms with Crippen LogP contribution in [0.5, 0.6) is 0 Å². The van der Waals surface area contributed by atoms with Crippen LogP contribution in [0.4, 0.5) is 5.82 Å². The number of nitrogens with zero attached hydrogens (tertiary/aromatic N) is 6. The van der Waals surface area contributed by atoms with Gasteiger partial charge >= 0.3 is 0 Å². The highest BCUT2D eigenvalue weighted by Gasteiger charge is 2.13. The molecular weight excluding hydrogens is 454 g/mol. The molecule has 4 rings (SSSR count). The van der Waals surface area contributed by atoms with E-state index in [1.807, 2.05) is 43.5 Å². The monoisotopic (exact) mass is 481 g/mol. The van der Waals surface area contributed by atoms with Gasteiger partial charge in [0.05, 0.1) is 35.8 Å². The number of nitriles is 1. The lowest BCUT2D eigenvalue weighted by atomic mass is 10.1. The molecule has 9 heteroatoms. The summed E-state index contributed by atoms with van der Waals surface area (Å²) in [7, 11) is 0. The van der Waals surface area contributed by atoms with Gasteiger partial charge in [-0.1, -0.05) is 37.3 Å². The molecule has 3 heterocycles. The molecule has 36 heavy (non-hydrogen) atoms. The average Bonchev–Trinajstić information content (AvgIpc) is 3.36. The number of hydrogen-bond donors (Lipinski definition) is 1. The van der Waals surface area contributed by atoms with Crippen molar-refractivity contribution in [1.29, 1.82) is 5.26 Å². The lowest BCUT2D eigenvalue weighted by Gasteiger charge is -2.10. The van der Waals surface area contributed by atoms with Crippen molar-refractivity contribution in [3.63, 3.8) is 0 Å². The van der Waals surface area contributed by atoms with E-state index in [1.165, 1.54) is 0 Å². The van der Waals surface area contributed by atoms with E-state index in [0.29, 0.717) is 41.8 Å². The van der Waals surface area contributed by atoms with E-state index in [2.05, 4.69) is 40.5 Å². The fourth-order valence-corrected chi connectivity index (χ4v) is 3.59. The molecule has 0 fully saturated rings. The SMILES string of the molecule is CCOCC(=O)Nc1cc(-c2cn(Cc3cccc(C(C)C)n3)nn2)cc(-c2cccc(C#N)c2)n1. The third-order valence-corrected chi connectivity index (χ3v) is 5.40. The number of anilines is 1. The van der Waals surface area contributed by atoms with Gasteiger partial charge in [-0.3, -0.25) is 9.78 Å². The largest absolute Gasteiger partial charge is 0.372 e. The van der Waals surface area contributed by atoms with E-state index in [-0.39, 0.29) is 12.5 Å². The van der Waals surface area contributed by atoms with Crippen LogP contribution in [-0.4, -0.2) is 44.1 Å². The van der Waals surface area contributed by atoms with E-state index < -0.39 is 0 Å². The van der Waals surface area contributed by atoms with Crippen molar-refractivity contribution in [3.8, 4) is 28.6 Å². The van der Waals surface area contributed by atoms with Crippen LogP contribution < -0.4 is 5.32 Å². The van der Waals surface area contributed by atoms with Gasteiger partial charge in [0.2, 0.25) is 0 Å². The first-order valence-electron chi connectivity index (χ1n) is 11.7. The van der Waals surface area contributed by atoms with Gasteiger partial charge in [-0.05, 0) is 49.2 Å². The van der Waals surface area contributed by atoms with E-state index in [1.54, 1.807) is 28.9 Å². The number of nitrogens with one attached hydrogen (secondary N) is 1. The minimum atomic E-state index is -0.307. The minimum Gasteiger partial charge on any atom is -0.372 e. The number of aromatic nitrogens is 5. The Labute approximate surface area is 209 Å². The molecule has 0 saturated heterocycles. The van der Waals surface area contributed by atoms with Crippen molar-refractivity contribution in [2.24, 2.45) is 0 Å². The van der Waals surface area contributed by atoms with Crippen LogP contribution in [0, 0.1) is 11.3 Å². The van der Waals surface area contributed by atoms with Gasteiger partial charge in [0.15, 0.2) is 0 Å². The minimum absolute atomic E-state index is 0.0692. The highest BCUT2D eigenvalue weighted by Crippen LogP contribution is 2.27. The summed E-state index contributed by atoms with van der Waals surface area (Å²) in [5.41, 5.74) is 5.13. The molecule has 0 atom stereocenters. The number of carbonyl (C=O) groups excluding carboxylic acids is 1. The van der Waals surface area contributed by atoms with Crippen molar-refractivity contribution >= 4 is 11.7 Å². The van der Waals surface area contributed by atoms with Crippen molar-refractivity contribution in [2.75, 3.05) is 18.5 Å². The first kappa shape index (κ1) is 24.7. The summed E-state index contributed by atoms with van der Waals surface area (Å²) in [6.45, 7) is 6.89. The molecule has 4 aromatic rings. The van der Waals surface area contributed by atoms with Crippen molar-refractivity contribution in [1.82, 2.24) is 25.0 Å². The molecule has 3 aromatic heterocycles. The van der Waals surface area contributed by atoms with Gasteiger partial charge in [0, 0.05) is 23.4 Å². The Balaban J connectivity index is 1.66. The fraction of sp³-hybridized carbons (Fsp3) is 0.259. The number of rotatable bonds is 9. The second-order valence-corrected chi connectivity index (χ2v) is 8.51. The summed E-state index contributed by atoms with van der Waals surface area (Å²) in [5, 5.41) is 20.7. The smallest absolute Gasteiger partial charge is 0.251 e. The van der Waals surface area contributed by atoms with E-state index >= 15 is 0 Å². The molecule has 0 radical (unpaired) electrons. The topological polar surface area (TPSA) is 119 Å². The molecular formula is C27H27N7O2. The number of carbonyl (C=O) groups is 1. The molecule has 0 spiro atoms. The molecule has 0 aliphatic carbocycles. The molecule has 0 bridgehead atoms. The highest BCUT2D eigenvalue weighted by molar-refractivity contribution is 5.91. The molecule has 0 aliphatic heterocycles. The third-order valence-electron chi connectivity index (χ3n) is 5.40. The van der Waals surface area contributed by atoms with E-state index in [0.717, 1.165) is 22.5 Å². The maximum Gasteiger partial charge on any atom is 0.251 e. The molecule has 1 amide bonds. The quantitative estimate of drug-likeness (QED) is 0.376. The van der Waals surface area contributed by atoms with Crippen molar-refractivity contribution < 1.29 is 9.53 Å². The Bertz CT molecular complexity index is 1410. The second kappa shape index (κ2) is 11.3. The van der Waals surface area contributed by atoms with Crippen LogP contribution in [0.25, 0.3) is 22.5 Å². The Morgan fingerprint density at radius 3 is 2.69 bits per heavy atom. The molecule has 0 aliphatic rings. The number of ether oxygens (including phenoxy) is 1. The van der Waals surface area contributed by atoms with Gasteiger partial charge < -0.3 is 10.1 Å². The number of pyridine rings is 2. The maximum atomic E-state index is 12.3. The molecule has 1 aromatic carbocycles. The average molecular weight is 482 g/mol. The normalized spacial score (nSPS) is 10.9. The Morgan fingerprint density at radius 1 is 1.08 bits per heavy atom. The zero-order chi connectivity index (χ0) is 25.5. The van der Waals surface area contributed by atoms with Crippen LogP contribution in [0.1, 0.15) is 43.6 Å². The van der Waals surface area contributed by atoms with Crippen LogP contribution in [0.15, 0.2) is 60.8 Å². The molecule has 1 N–H and O–H groups in total. The zero-order valence-corrected chi connectivity index (χ0v) is 20.5. The summed E-state index contributed by atoms with van der Waals surface area (Å²) < 4.78 is 6.93.